The number of unbranched alkanes of at least 4 members (excludes halogenated alkanes) is 1. The molecule has 0 spiro atoms. The second-order valence-corrected chi connectivity index (χ2v) is 32.0. The van der Waals surface area contributed by atoms with Crippen LogP contribution in [0.5, 0.6) is 0 Å². The number of aromatic amines is 2. The number of guanidine groups is 2. The van der Waals surface area contributed by atoms with E-state index < -0.39 is 216 Å². The molecular formula is C82H119N25O18S. The molecule has 15 amide bonds. The fraction of sp³-hybridized carbons (Fsp3) is 0.500. The van der Waals surface area contributed by atoms with Crippen molar-refractivity contribution in [2.75, 3.05) is 65.4 Å². The first kappa shape index (κ1) is 102. The van der Waals surface area contributed by atoms with E-state index >= 15 is 19.2 Å². The highest BCUT2D eigenvalue weighted by Crippen LogP contribution is 2.23. The number of hydrogen-bond acceptors (Lipinski definition) is 22. The number of imidazole rings is 1. The number of carbonyl (C=O) groups excluding carboxylic acids is 15. The van der Waals surface area contributed by atoms with Crippen LogP contribution in [0.25, 0.3) is 10.9 Å². The first-order valence-electron chi connectivity index (χ1n) is 41.1. The number of aliphatic carboxylic acids is 1. The molecule has 0 unspecified atom stereocenters. The smallest absolute Gasteiger partial charge is 0.305 e. The van der Waals surface area contributed by atoms with Gasteiger partial charge < -0.3 is 127 Å². The molecule has 686 valence electrons. The highest BCUT2D eigenvalue weighted by atomic mass is 32.2. The second-order valence-electron chi connectivity index (χ2n) is 31.0. The summed E-state index contributed by atoms with van der Waals surface area (Å²) in [5, 5.41) is 70.5. The van der Waals surface area contributed by atoms with Crippen LogP contribution in [0, 0.1) is 16.7 Å². The third kappa shape index (κ3) is 32.8. The van der Waals surface area contributed by atoms with Gasteiger partial charge in [0.05, 0.1) is 31.7 Å². The SMILES string of the molecule is CC(C)C[C@@H]1NC(=O)[C@H](CO)NC(=O)[C@H](C)N(C)C(=O)[C@H](Cc2ccccc2)N(C)C(=O)[C@H](Cc2ccccc2)NC(=O)CSC[C@@H](C(=O)NCC(N)=O)NC(=O)[C@H](CCCNC(=N)N)NC(=O)[C@H](CC(=O)O)NC(=O)[C@H](CCCCN)NC(=O)[C@H](CCCNC(=N)N)NC(=O)[C@H](C)N(C)C(=O)[C@H](Cc2c[nH]c3ccccc23)NC(=O)[C@H](Cc2cnc[nH]2)NC1=O. The lowest BCUT2D eigenvalue weighted by molar-refractivity contribution is -0.148. The van der Waals surface area contributed by atoms with E-state index in [1.807, 2.05) is 0 Å². The number of para-hydroxylation sites is 1. The number of aromatic nitrogens is 3. The molecule has 0 aliphatic carbocycles. The number of primary amides is 1. The van der Waals surface area contributed by atoms with Crippen LogP contribution in [0.1, 0.15) is 108 Å². The van der Waals surface area contributed by atoms with Crippen LogP contribution in [0.3, 0.4) is 0 Å². The third-order valence-electron chi connectivity index (χ3n) is 20.8. The van der Waals surface area contributed by atoms with Crippen molar-refractivity contribution in [2.45, 2.75) is 190 Å². The van der Waals surface area contributed by atoms with Crippen molar-refractivity contribution in [1.82, 2.24) is 98.8 Å². The van der Waals surface area contributed by atoms with Gasteiger partial charge in [0.15, 0.2) is 11.9 Å². The number of rotatable bonds is 28. The van der Waals surface area contributed by atoms with E-state index in [1.54, 1.807) is 105 Å². The van der Waals surface area contributed by atoms with Crippen molar-refractivity contribution < 1.29 is 86.9 Å². The zero-order chi connectivity index (χ0) is 92.9. The number of aliphatic hydroxyl groups excluding tert-OH is 1. The molecule has 0 radical (unpaired) electrons. The maximum absolute atomic E-state index is 15.3. The van der Waals surface area contributed by atoms with E-state index in [0.29, 0.717) is 33.3 Å². The van der Waals surface area contributed by atoms with Crippen LogP contribution in [-0.2, 0) is 102 Å². The Morgan fingerprint density at radius 1 is 0.524 bits per heavy atom. The number of nitrogens with two attached hydrogens (primary N) is 4. The first-order valence-corrected chi connectivity index (χ1v) is 42.3. The second kappa shape index (κ2) is 51.1. The normalized spacial score (nSPS) is 23.1. The maximum atomic E-state index is 15.3. The molecule has 1 aliphatic heterocycles. The minimum absolute atomic E-state index is 0.0107. The van der Waals surface area contributed by atoms with Crippen LogP contribution in [-0.4, -0.2) is 290 Å². The molecule has 6 rings (SSSR count). The van der Waals surface area contributed by atoms with E-state index in [2.05, 4.69) is 84.1 Å². The van der Waals surface area contributed by atoms with E-state index in [-0.39, 0.29) is 103 Å². The number of nitrogens with one attached hydrogen (secondary N) is 17. The number of fused-ring (bicyclic) bond motifs is 1. The molecular weight excluding hydrogens is 1660 g/mol. The molecule has 2 aromatic heterocycles. The molecule has 0 saturated carbocycles. The maximum Gasteiger partial charge on any atom is 0.305 e. The molecule has 5 aromatic rings. The summed E-state index contributed by atoms with van der Waals surface area (Å²) in [5.74, 6) is -18.9. The van der Waals surface area contributed by atoms with Gasteiger partial charge in [0.1, 0.15) is 78.5 Å². The molecule has 126 heavy (non-hydrogen) atoms. The van der Waals surface area contributed by atoms with Crippen LogP contribution in [0.2, 0.25) is 0 Å². The Bertz CT molecular complexity index is 4580. The monoisotopic (exact) mass is 1770 g/mol. The molecule has 1 fully saturated rings. The van der Waals surface area contributed by atoms with Crippen LogP contribution in [0.4, 0.5) is 0 Å². The molecule has 43 nitrogen and oxygen atoms in total. The van der Waals surface area contributed by atoms with Crippen LogP contribution in [0.15, 0.2) is 104 Å². The summed E-state index contributed by atoms with van der Waals surface area (Å²) in [7, 11) is 3.83. The Morgan fingerprint density at radius 3 is 1.54 bits per heavy atom. The summed E-state index contributed by atoms with van der Waals surface area (Å²) in [6, 6.07) is 2.97. The zero-order valence-electron chi connectivity index (χ0n) is 71.5. The average molecular weight is 1780 g/mol. The molecule has 3 heterocycles. The number of hydrogen-bond donors (Lipinski definition) is 23. The summed E-state index contributed by atoms with van der Waals surface area (Å²) in [4.78, 5) is 245. The van der Waals surface area contributed by atoms with Gasteiger partial charge in [0, 0.05) is 94.7 Å². The number of carbonyl (C=O) groups is 16. The lowest BCUT2D eigenvalue weighted by Gasteiger charge is -2.35. The Kier molecular flexibility index (Phi) is 41.2. The lowest BCUT2D eigenvalue weighted by Crippen LogP contribution is -2.61. The van der Waals surface area contributed by atoms with Gasteiger partial charge in [-0.25, -0.2) is 4.98 Å². The zero-order valence-corrected chi connectivity index (χ0v) is 72.3. The quantitative estimate of drug-likeness (QED) is 0.0127. The van der Waals surface area contributed by atoms with Gasteiger partial charge in [-0.1, -0.05) is 92.7 Å². The summed E-state index contributed by atoms with van der Waals surface area (Å²) in [6.07, 6.45) is 1.68. The van der Waals surface area contributed by atoms with E-state index in [1.165, 1.54) is 47.5 Å². The van der Waals surface area contributed by atoms with Crippen molar-refractivity contribution in [3.8, 4) is 0 Å². The molecule has 44 heteroatoms. The predicted molar refractivity (Wildman–Crippen MR) is 464 cm³/mol. The summed E-state index contributed by atoms with van der Waals surface area (Å²) < 4.78 is 0. The first-order chi connectivity index (χ1) is 59.9. The van der Waals surface area contributed by atoms with Gasteiger partial charge in [0.2, 0.25) is 88.6 Å². The van der Waals surface area contributed by atoms with E-state index in [0.717, 1.165) is 26.5 Å². The minimum Gasteiger partial charge on any atom is -0.481 e. The van der Waals surface area contributed by atoms with Gasteiger partial charge in [-0.05, 0) is 100 Å². The van der Waals surface area contributed by atoms with Gasteiger partial charge in [-0.3, -0.25) is 87.5 Å². The van der Waals surface area contributed by atoms with Crippen molar-refractivity contribution in [1.29, 1.82) is 10.8 Å². The fourth-order valence-electron chi connectivity index (χ4n) is 13.6. The van der Waals surface area contributed by atoms with Crippen LogP contribution >= 0.6 is 11.8 Å². The van der Waals surface area contributed by atoms with Gasteiger partial charge >= 0.3 is 5.97 Å². The van der Waals surface area contributed by atoms with Gasteiger partial charge in [-0.15, -0.1) is 11.8 Å². The summed E-state index contributed by atoms with van der Waals surface area (Å²) in [6.45, 7) is 4.25. The van der Waals surface area contributed by atoms with Crippen molar-refractivity contribution in [3.05, 3.63) is 126 Å². The standard InChI is InChI=1S/C82H119N25O18S/c1-45(2)32-57-74(119)100-58(36-51-39-89-44-94-51)75(120)102-61(35-50-38-92-53-25-15-14-24-52(50)53)78(123)105(5)46(3)68(113)96-55(27-18-30-90-81(85)86)71(116)97-54(26-16-17-29-83)72(117)101-59(37-67(111)112)76(121)98-56(28-19-31-91-82(87)88)73(118)104-63(70(115)93-40-65(84)109)42-126-43-66(110)95-60(33-48-20-10-8-11-21-48)79(124)107(7)64(34-49-22-12-9-13-23-49)80(125)106(6)47(4)69(114)103-62(41-108)77(122)99-57/h8-15,20-25,38-39,44-47,54-64,92,108H,16-19,26-37,40-43,83H2,1-7H3,(H2,84,109)(H,89,94)(H,93,115)(H,95,110)(H,96,113)(H,97,116)(H,98,121)(H,99,122)(H,100,119)(H,101,117)(H,102,120)(H,103,114)(H,104,118)(H,111,112)(H4,85,86,90)(H4,87,88,91)/t46-,47-,54-,55-,56-,57-,58-,59-,60-,61-,62-,63-,64-/m0/s1. The fourth-order valence-corrected chi connectivity index (χ4v) is 14.4. The van der Waals surface area contributed by atoms with Gasteiger partial charge in [-0.2, -0.15) is 0 Å². The number of aliphatic hydroxyl groups is 1. The summed E-state index contributed by atoms with van der Waals surface area (Å²) in [5.41, 5.74) is 24.9. The third-order valence-corrected chi connectivity index (χ3v) is 21.8. The molecule has 13 atom stereocenters. The highest BCUT2D eigenvalue weighted by molar-refractivity contribution is 8.00. The number of carboxylic acids is 1. The Balaban J connectivity index is 1.47. The number of benzene rings is 3. The number of amides is 15. The number of carboxylic acid groups (broad SMARTS) is 1. The molecule has 27 N–H and O–H groups in total. The summed E-state index contributed by atoms with van der Waals surface area (Å²) >= 11 is 0.743. The minimum atomic E-state index is -2.05. The number of nitrogens with zero attached hydrogens (tertiary/aromatic N) is 4. The topological polar surface area (TPSA) is 676 Å². The molecule has 1 aliphatic rings. The number of likely N-dealkylation sites (N-methyl/N-ethyl adjacent to an activating group) is 3. The highest BCUT2D eigenvalue weighted by Gasteiger charge is 2.41. The number of thioether (sulfide) groups is 1. The number of H-pyrrole nitrogens is 2. The average Bonchev–Trinajstić information content (AvgIpc) is 1.65. The van der Waals surface area contributed by atoms with Crippen molar-refractivity contribution in [3.63, 3.8) is 0 Å². The molecule has 3 aromatic carbocycles. The van der Waals surface area contributed by atoms with Gasteiger partial charge in [0.25, 0.3) is 0 Å². The largest absolute Gasteiger partial charge is 0.481 e. The van der Waals surface area contributed by atoms with Crippen LogP contribution < -0.4 is 92.1 Å². The van der Waals surface area contributed by atoms with E-state index in [4.69, 9.17) is 33.8 Å². The van der Waals surface area contributed by atoms with E-state index in [9.17, 15) is 67.7 Å². The van der Waals surface area contributed by atoms with Crippen molar-refractivity contribution in [2.24, 2.45) is 28.9 Å². The Hall–Kier alpha value is -13.3. The predicted octanol–water partition coefficient (Wildman–Crippen LogP) is -4.95. The lowest BCUT2D eigenvalue weighted by atomic mass is 10.00. The van der Waals surface area contributed by atoms with Crippen molar-refractivity contribution >= 4 is 129 Å². The Morgan fingerprint density at radius 2 is 0.992 bits per heavy atom. The molecule has 0 bridgehead atoms. The Labute approximate surface area is 732 Å². The molecule has 1 saturated heterocycles.